The Morgan fingerprint density at radius 3 is 2.88 bits per heavy atom. The molecule has 1 radical (unpaired) electrons. The van der Waals surface area contributed by atoms with Crippen molar-refractivity contribution in [2.24, 2.45) is 0 Å². The summed E-state index contributed by atoms with van der Waals surface area (Å²) in [6, 6.07) is 6.36. The molecular formula is C6H7N2. The molecule has 0 saturated carbocycles. The van der Waals surface area contributed by atoms with E-state index in [9.17, 15) is 0 Å². The number of nitrogen functional groups attached to an aromatic ring is 1. The molecule has 0 aliphatic rings. The average molecular weight is 107 g/mol. The Morgan fingerprint density at radius 2 is 2.50 bits per heavy atom. The van der Waals surface area contributed by atoms with Crippen LogP contribution in [0.3, 0.4) is 0 Å². The molecule has 0 aliphatic heterocycles. The SMILES string of the molecule is Cc1cc[c]c(N)n1. The molecule has 0 bridgehead atoms. The second kappa shape index (κ2) is 1.82. The van der Waals surface area contributed by atoms with Crippen LogP contribution >= 0.6 is 0 Å². The van der Waals surface area contributed by atoms with Gasteiger partial charge in [-0.15, -0.1) is 0 Å². The van der Waals surface area contributed by atoms with Crippen LogP contribution in [0.5, 0.6) is 0 Å². The minimum Gasteiger partial charge on any atom is -0.383 e. The second-order valence-corrected chi connectivity index (χ2v) is 1.62. The van der Waals surface area contributed by atoms with E-state index in [-0.39, 0.29) is 0 Å². The minimum atomic E-state index is 0.463. The molecule has 1 aromatic rings. The maximum atomic E-state index is 5.29. The standard InChI is InChI=1S/C6H7N2/c1-5-3-2-4-6(7)8-5/h2-3H,1H3,(H2,7,8). The zero-order valence-electron chi connectivity index (χ0n) is 4.68. The molecule has 0 amide bonds. The van der Waals surface area contributed by atoms with Gasteiger partial charge >= 0.3 is 0 Å². The van der Waals surface area contributed by atoms with Gasteiger partial charge in [0.2, 0.25) is 0 Å². The summed E-state index contributed by atoms with van der Waals surface area (Å²) in [5.41, 5.74) is 6.22. The largest absolute Gasteiger partial charge is 0.383 e. The molecule has 0 fully saturated rings. The first kappa shape index (κ1) is 5.09. The number of nitrogens with zero attached hydrogens (tertiary/aromatic N) is 1. The van der Waals surface area contributed by atoms with Crippen molar-refractivity contribution in [1.29, 1.82) is 0 Å². The first-order chi connectivity index (χ1) is 3.79. The third-order valence-corrected chi connectivity index (χ3v) is 0.853. The van der Waals surface area contributed by atoms with Crippen molar-refractivity contribution in [3.8, 4) is 0 Å². The third kappa shape index (κ3) is 0.964. The van der Waals surface area contributed by atoms with Crippen LogP contribution in [0.25, 0.3) is 0 Å². The van der Waals surface area contributed by atoms with Crippen LogP contribution in [0.2, 0.25) is 0 Å². The number of hydrogen-bond donors (Lipinski definition) is 1. The summed E-state index contributed by atoms with van der Waals surface area (Å²) in [5, 5.41) is 0. The van der Waals surface area contributed by atoms with Gasteiger partial charge in [0, 0.05) is 11.8 Å². The number of nitrogens with two attached hydrogens (primary N) is 1. The van der Waals surface area contributed by atoms with Gasteiger partial charge in [-0.2, -0.15) is 0 Å². The quantitative estimate of drug-likeness (QED) is 0.532. The van der Waals surface area contributed by atoms with Crippen LogP contribution in [-0.4, -0.2) is 4.98 Å². The smallest absolute Gasteiger partial charge is 0.131 e. The lowest BCUT2D eigenvalue weighted by Crippen LogP contribution is -1.89. The lowest BCUT2D eigenvalue weighted by molar-refractivity contribution is 1.21. The number of pyridine rings is 1. The van der Waals surface area contributed by atoms with Crippen molar-refractivity contribution in [1.82, 2.24) is 4.98 Å². The third-order valence-electron chi connectivity index (χ3n) is 0.853. The number of aryl methyl sites for hydroxylation is 1. The van der Waals surface area contributed by atoms with E-state index in [1.807, 2.05) is 13.0 Å². The van der Waals surface area contributed by atoms with Crippen molar-refractivity contribution >= 4 is 5.82 Å². The van der Waals surface area contributed by atoms with E-state index in [0.29, 0.717) is 5.82 Å². The van der Waals surface area contributed by atoms with Gasteiger partial charge in [0.05, 0.1) is 0 Å². The van der Waals surface area contributed by atoms with E-state index in [1.165, 1.54) is 0 Å². The summed E-state index contributed by atoms with van der Waals surface area (Å²) in [6.07, 6.45) is 0. The van der Waals surface area contributed by atoms with E-state index in [0.717, 1.165) is 5.69 Å². The van der Waals surface area contributed by atoms with Crippen LogP contribution in [-0.2, 0) is 0 Å². The van der Waals surface area contributed by atoms with Crippen LogP contribution in [0.1, 0.15) is 5.69 Å². The van der Waals surface area contributed by atoms with Crippen molar-refractivity contribution < 1.29 is 0 Å². The predicted octanol–water partition coefficient (Wildman–Crippen LogP) is 0.772. The fourth-order valence-corrected chi connectivity index (χ4v) is 0.507. The lowest BCUT2D eigenvalue weighted by Gasteiger charge is -1.89. The monoisotopic (exact) mass is 107 g/mol. The second-order valence-electron chi connectivity index (χ2n) is 1.62. The number of hydrogen-bond acceptors (Lipinski definition) is 2. The van der Waals surface area contributed by atoms with E-state index in [4.69, 9.17) is 5.73 Å². The molecule has 2 heteroatoms. The summed E-state index contributed by atoms with van der Waals surface area (Å²) < 4.78 is 0. The maximum Gasteiger partial charge on any atom is 0.131 e. The Kier molecular flexibility index (Phi) is 1.16. The van der Waals surface area contributed by atoms with Crippen molar-refractivity contribution in [3.05, 3.63) is 23.9 Å². The highest BCUT2D eigenvalue weighted by molar-refractivity contribution is 5.26. The Hall–Kier alpha value is -1.05. The minimum absolute atomic E-state index is 0.463. The maximum absolute atomic E-state index is 5.29. The van der Waals surface area contributed by atoms with E-state index < -0.39 is 0 Å². The summed E-state index contributed by atoms with van der Waals surface area (Å²) >= 11 is 0. The van der Waals surface area contributed by atoms with Crippen molar-refractivity contribution in [2.45, 2.75) is 6.92 Å². The Balaban J connectivity index is 3.08. The van der Waals surface area contributed by atoms with Crippen LogP contribution in [0, 0.1) is 13.0 Å². The molecule has 8 heavy (non-hydrogen) atoms. The Morgan fingerprint density at radius 1 is 1.75 bits per heavy atom. The zero-order valence-corrected chi connectivity index (χ0v) is 4.68. The number of aromatic nitrogens is 1. The molecular weight excluding hydrogens is 100 g/mol. The predicted molar refractivity (Wildman–Crippen MR) is 32.2 cm³/mol. The molecule has 0 unspecified atom stereocenters. The van der Waals surface area contributed by atoms with E-state index >= 15 is 0 Å². The van der Waals surface area contributed by atoms with E-state index in [2.05, 4.69) is 11.1 Å². The fourth-order valence-electron chi connectivity index (χ4n) is 0.507. The molecule has 0 spiro atoms. The highest BCUT2D eigenvalue weighted by Crippen LogP contribution is 1.95. The molecule has 0 saturated heterocycles. The summed E-state index contributed by atoms with van der Waals surface area (Å²) in [4.78, 5) is 3.90. The van der Waals surface area contributed by atoms with Gasteiger partial charge < -0.3 is 5.73 Å². The van der Waals surface area contributed by atoms with Crippen molar-refractivity contribution in [3.63, 3.8) is 0 Å². The summed E-state index contributed by atoms with van der Waals surface area (Å²) in [7, 11) is 0. The molecule has 0 atom stereocenters. The van der Waals surface area contributed by atoms with Crippen molar-refractivity contribution in [2.75, 3.05) is 5.73 Å². The van der Waals surface area contributed by atoms with Gasteiger partial charge in [-0.05, 0) is 19.1 Å². The Labute approximate surface area is 48.4 Å². The van der Waals surface area contributed by atoms with E-state index in [1.54, 1.807) is 6.07 Å². The summed E-state index contributed by atoms with van der Waals surface area (Å²) in [6.45, 7) is 1.89. The van der Waals surface area contributed by atoms with Crippen LogP contribution in [0.4, 0.5) is 5.82 Å². The molecule has 1 aromatic heterocycles. The molecule has 2 nitrogen and oxygen atoms in total. The normalized spacial score (nSPS) is 9.12. The van der Waals surface area contributed by atoms with Crippen LogP contribution < -0.4 is 5.73 Å². The highest BCUT2D eigenvalue weighted by Gasteiger charge is 1.83. The van der Waals surface area contributed by atoms with Gasteiger partial charge in [0.15, 0.2) is 0 Å². The van der Waals surface area contributed by atoms with Gasteiger partial charge in [-0.1, -0.05) is 0 Å². The molecule has 0 aliphatic carbocycles. The molecule has 1 rings (SSSR count). The van der Waals surface area contributed by atoms with Crippen LogP contribution in [0.15, 0.2) is 12.1 Å². The lowest BCUT2D eigenvalue weighted by atomic mass is 10.4. The molecule has 2 N–H and O–H groups in total. The van der Waals surface area contributed by atoms with Gasteiger partial charge in [0.25, 0.3) is 0 Å². The van der Waals surface area contributed by atoms with Gasteiger partial charge in [-0.25, -0.2) is 4.98 Å². The molecule has 0 aromatic carbocycles. The average Bonchev–Trinajstić information content (AvgIpc) is 1.64. The van der Waals surface area contributed by atoms with Gasteiger partial charge in [-0.3, -0.25) is 0 Å². The van der Waals surface area contributed by atoms with Gasteiger partial charge in [0.1, 0.15) is 5.82 Å². The molecule has 1 heterocycles. The highest BCUT2D eigenvalue weighted by atomic mass is 14.8. The first-order valence-electron chi connectivity index (χ1n) is 2.40. The number of anilines is 1. The number of rotatable bonds is 0. The first-order valence-corrected chi connectivity index (χ1v) is 2.40. The fraction of sp³-hybridized carbons (Fsp3) is 0.167. The zero-order chi connectivity index (χ0) is 5.98. The topological polar surface area (TPSA) is 38.9 Å². The summed E-state index contributed by atoms with van der Waals surface area (Å²) in [5.74, 6) is 0.463. The molecule has 41 valence electrons. The Bertz CT molecular complexity index is 166.